The molecule has 1 aliphatic heterocycles. The molecule has 0 aliphatic carbocycles. The molecule has 0 amide bonds. The molecular weight excluding hydrogens is 260 g/mol. The normalized spacial score (nSPS) is 24.4. The summed E-state index contributed by atoms with van der Waals surface area (Å²) in [6.45, 7) is 9.03. The Labute approximate surface area is 129 Å². The number of aliphatic hydroxyl groups is 1. The van der Waals surface area contributed by atoms with Crippen molar-refractivity contribution in [1.29, 1.82) is 0 Å². The molecule has 2 rings (SSSR count). The van der Waals surface area contributed by atoms with E-state index in [2.05, 4.69) is 49.2 Å². The highest BCUT2D eigenvalue weighted by Crippen LogP contribution is 2.26. The topological polar surface area (TPSA) is 35.5 Å². The van der Waals surface area contributed by atoms with Gasteiger partial charge in [0, 0.05) is 18.6 Å². The van der Waals surface area contributed by atoms with Crippen LogP contribution in [0.4, 0.5) is 0 Å². The fourth-order valence-electron chi connectivity index (χ4n) is 3.64. The van der Waals surface area contributed by atoms with Crippen LogP contribution in [0.3, 0.4) is 0 Å². The van der Waals surface area contributed by atoms with Crippen LogP contribution in [0.2, 0.25) is 0 Å². The van der Waals surface area contributed by atoms with E-state index < -0.39 is 0 Å². The third-order valence-corrected chi connectivity index (χ3v) is 4.88. The fraction of sp³-hybridized carbons (Fsp3) is 0.667. The van der Waals surface area contributed by atoms with Gasteiger partial charge in [-0.25, -0.2) is 0 Å². The van der Waals surface area contributed by atoms with Crippen LogP contribution in [0.1, 0.15) is 42.5 Å². The fourth-order valence-corrected chi connectivity index (χ4v) is 3.64. The summed E-state index contributed by atoms with van der Waals surface area (Å²) in [5.41, 5.74) is 4.03. The first-order chi connectivity index (χ1) is 10.0. The smallest absolute Gasteiger partial charge is 0.0589 e. The van der Waals surface area contributed by atoms with Gasteiger partial charge >= 0.3 is 0 Å². The molecule has 3 heteroatoms. The van der Waals surface area contributed by atoms with Gasteiger partial charge in [0.05, 0.1) is 6.61 Å². The van der Waals surface area contributed by atoms with E-state index in [0.717, 1.165) is 19.5 Å². The minimum absolute atomic E-state index is 0.287. The average Bonchev–Trinajstić information content (AvgIpc) is 2.79. The molecule has 3 nitrogen and oxygen atoms in total. The third kappa shape index (κ3) is 4.06. The van der Waals surface area contributed by atoms with Crippen LogP contribution >= 0.6 is 0 Å². The van der Waals surface area contributed by atoms with Crippen LogP contribution in [0, 0.1) is 19.8 Å². The second-order valence-electron chi connectivity index (χ2n) is 6.60. The number of benzene rings is 1. The number of aryl methyl sites for hydroxylation is 2. The first kappa shape index (κ1) is 16.5. The van der Waals surface area contributed by atoms with Gasteiger partial charge in [0.15, 0.2) is 0 Å². The number of nitrogens with zero attached hydrogens (tertiary/aromatic N) is 1. The van der Waals surface area contributed by atoms with Crippen molar-refractivity contribution in [3.05, 3.63) is 34.9 Å². The maximum atomic E-state index is 9.56. The number of hydrogen-bond acceptors (Lipinski definition) is 3. The zero-order valence-corrected chi connectivity index (χ0v) is 13.9. The highest BCUT2D eigenvalue weighted by molar-refractivity contribution is 5.30. The molecular formula is C18H30N2O. The van der Waals surface area contributed by atoms with Crippen LogP contribution in [0.25, 0.3) is 0 Å². The van der Waals surface area contributed by atoms with Crippen LogP contribution < -0.4 is 5.32 Å². The molecule has 2 N–H and O–H groups in total. The lowest BCUT2D eigenvalue weighted by Gasteiger charge is -2.27. The molecule has 0 bridgehead atoms. The predicted molar refractivity (Wildman–Crippen MR) is 88.6 cm³/mol. The van der Waals surface area contributed by atoms with Crippen LogP contribution in [0.15, 0.2) is 18.2 Å². The average molecular weight is 290 g/mol. The molecule has 1 aromatic rings. The Kier molecular flexibility index (Phi) is 5.80. The maximum Gasteiger partial charge on any atom is 0.0589 e. The molecule has 3 atom stereocenters. The molecule has 0 aromatic heterocycles. The van der Waals surface area contributed by atoms with Crippen LogP contribution in [-0.4, -0.2) is 42.8 Å². The maximum absolute atomic E-state index is 9.56. The van der Waals surface area contributed by atoms with Gasteiger partial charge in [0.1, 0.15) is 0 Å². The third-order valence-electron chi connectivity index (χ3n) is 4.88. The van der Waals surface area contributed by atoms with Gasteiger partial charge in [0.2, 0.25) is 0 Å². The minimum atomic E-state index is 0.287. The standard InChI is InChI=1S/C18H30N2O/c1-13-9-14(2)11-16(10-13)17(19-4)6-8-20-7-5-15(3)18(20)12-21/h9-11,15,17-19,21H,5-8,12H2,1-4H3. The lowest BCUT2D eigenvalue weighted by molar-refractivity contribution is 0.135. The van der Waals surface area contributed by atoms with Gasteiger partial charge in [-0.05, 0) is 51.8 Å². The summed E-state index contributed by atoms with van der Waals surface area (Å²) in [5, 5.41) is 13.0. The van der Waals surface area contributed by atoms with Gasteiger partial charge in [-0.2, -0.15) is 0 Å². The van der Waals surface area contributed by atoms with Gasteiger partial charge in [-0.3, -0.25) is 4.90 Å². The lowest BCUT2D eigenvalue weighted by atomic mass is 9.98. The predicted octanol–water partition coefficient (Wildman–Crippen LogP) is 2.66. The SMILES string of the molecule is CNC(CCN1CCC(C)C1CO)c1cc(C)cc(C)c1. The molecule has 118 valence electrons. The zero-order valence-electron chi connectivity index (χ0n) is 13.9. The molecule has 1 fully saturated rings. The van der Waals surface area contributed by atoms with E-state index in [0.29, 0.717) is 18.0 Å². The molecule has 3 unspecified atom stereocenters. The van der Waals surface area contributed by atoms with Gasteiger partial charge in [0.25, 0.3) is 0 Å². The summed E-state index contributed by atoms with van der Waals surface area (Å²) in [4.78, 5) is 2.46. The van der Waals surface area contributed by atoms with Crippen molar-refractivity contribution in [1.82, 2.24) is 10.2 Å². The van der Waals surface area contributed by atoms with Gasteiger partial charge < -0.3 is 10.4 Å². The second-order valence-corrected chi connectivity index (χ2v) is 6.60. The number of aliphatic hydroxyl groups excluding tert-OH is 1. The largest absolute Gasteiger partial charge is 0.395 e. The van der Waals surface area contributed by atoms with E-state index >= 15 is 0 Å². The number of hydrogen-bond donors (Lipinski definition) is 2. The van der Waals surface area contributed by atoms with Crippen molar-refractivity contribution >= 4 is 0 Å². The molecule has 0 saturated carbocycles. The summed E-state index contributed by atoms with van der Waals surface area (Å²) in [6.07, 6.45) is 2.29. The summed E-state index contributed by atoms with van der Waals surface area (Å²) in [5.74, 6) is 0.615. The summed E-state index contributed by atoms with van der Waals surface area (Å²) in [6, 6.07) is 7.52. The molecule has 21 heavy (non-hydrogen) atoms. The van der Waals surface area contributed by atoms with Crippen molar-refractivity contribution in [2.24, 2.45) is 5.92 Å². The Hall–Kier alpha value is -0.900. The Morgan fingerprint density at radius 2 is 1.95 bits per heavy atom. The number of likely N-dealkylation sites (tertiary alicyclic amines) is 1. The van der Waals surface area contributed by atoms with E-state index in [1.54, 1.807) is 0 Å². The quantitative estimate of drug-likeness (QED) is 0.845. The van der Waals surface area contributed by atoms with Crippen LogP contribution in [0.5, 0.6) is 0 Å². The highest BCUT2D eigenvalue weighted by atomic mass is 16.3. The molecule has 1 saturated heterocycles. The Balaban J connectivity index is 1.99. The molecule has 1 aromatic carbocycles. The monoisotopic (exact) mass is 290 g/mol. The van der Waals surface area contributed by atoms with Crippen molar-refractivity contribution in [2.75, 3.05) is 26.7 Å². The Morgan fingerprint density at radius 3 is 2.52 bits per heavy atom. The van der Waals surface area contributed by atoms with E-state index in [9.17, 15) is 5.11 Å². The summed E-state index contributed by atoms with van der Waals surface area (Å²) >= 11 is 0. The van der Waals surface area contributed by atoms with Crippen molar-refractivity contribution in [3.63, 3.8) is 0 Å². The second kappa shape index (κ2) is 7.39. The van der Waals surface area contributed by atoms with E-state index in [4.69, 9.17) is 0 Å². The van der Waals surface area contributed by atoms with Crippen molar-refractivity contribution in [3.8, 4) is 0 Å². The first-order valence-electron chi connectivity index (χ1n) is 8.15. The number of rotatable bonds is 6. The Morgan fingerprint density at radius 1 is 1.29 bits per heavy atom. The van der Waals surface area contributed by atoms with E-state index in [1.807, 2.05) is 7.05 Å². The summed E-state index contributed by atoms with van der Waals surface area (Å²) < 4.78 is 0. The van der Waals surface area contributed by atoms with E-state index in [1.165, 1.54) is 23.1 Å². The summed E-state index contributed by atoms with van der Waals surface area (Å²) in [7, 11) is 2.04. The molecule has 0 spiro atoms. The first-order valence-corrected chi connectivity index (χ1v) is 8.15. The number of nitrogens with one attached hydrogen (secondary N) is 1. The molecule has 0 radical (unpaired) electrons. The zero-order chi connectivity index (χ0) is 15.4. The molecule has 1 aliphatic rings. The highest BCUT2D eigenvalue weighted by Gasteiger charge is 2.30. The van der Waals surface area contributed by atoms with Crippen LogP contribution in [-0.2, 0) is 0 Å². The van der Waals surface area contributed by atoms with Crippen molar-refractivity contribution in [2.45, 2.75) is 45.7 Å². The van der Waals surface area contributed by atoms with Gasteiger partial charge in [-0.15, -0.1) is 0 Å². The minimum Gasteiger partial charge on any atom is -0.395 e. The molecule has 1 heterocycles. The van der Waals surface area contributed by atoms with E-state index in [-0.39, 0.29) is 6.61 Å². The van der Waals surface area contributed by atoms with Crippen molar-refractivity contribution < 1.29 is 5.11 Å². The lowest BCUT2D eigenvalue weighted by Crippen LogP contribution is -2.37. The van der Waals surface area contributed by atoms with Gasteiger partial charge in [-0.1, -0.05) is 36.2 Å². The Bertz CT molecular complexity index is 440.